The molecule has 148 valence electrons. The standard InChI is InChI=1S/C21H23NO6/c1-6-12(2)21(26)28-11-16-17-15(8-10-22(16)9-7-13(3)23)18(24)14(4)20(27-5)19(17)25/h6-10,16H,11H2,1-5H3/b9-7+,12-6-/t16-/m0/s1. The molecule has 0 fully saturated rings. The van der Waals surface area contributed by atoms with Crippen LogP contribution in [0.1, 0.15) is 27.7 Å². The smallest absolute Gasteiger partial charge is 0.333 e. The van der Waals surface area contributed by atoms with Crippen LogP contribution in [0.4, 0.5) is 0 Å². The first kappa shape index (κ1) is 21.1. The van der Waals surface area contributed by atoms with Crippen LogP contribution in [0.3, 0.4) is 0 Å². The molecule has 1 atom stereocenters. The van der Waals surface area contributed by atoms with Gasteiger partial charge in [-0.15, -0.1) is 0 Å². The van der Waals surface area contributed by atoms with Crippen LogP contribution in [0.15, 0.2) is 58.7 Å². The van der Waals surface area contributed by atoms with E-state index >= 15 is 0 Å². The number of hydrogen-bond acceptors (Lipinski definition) is 7. The molecule has 0 saturated heterocycles. The Hall–Kier alpha value is -3.22. The Labute approximate surface area is 163 Å². The number of carbonyl (C=O) groups excluding carboxylic acids is 4. The molecule has 0 amide bonds. The quantitative estimate of drug-likeness (QED) is 0.393. The van der Waals surface area contributed by atoms with Gasteiger partial charge in [0.1, 0.15) is 6.61 Å². The highest BCUT2D eigenvalue weighted by molar-refractivity contribution is 6.26. The molecule has 0 aromatic carbocycles. The van der Waals surface area contributed by atoms with E-state index in [4.69, 9.17) is 9.47 Å². The lowest BCUT2D eigenvalue weighted by atomic mass is 9.83. The maximum atomic E-state index is 13.0. The predicted octanol–water partition coefficient (Wildman–Crippen LogP) is 2.17. The molecule has 0 bridgehead atoms. The van der Waals surface area contributed by atoms with Crippen LogP contribution in [0, 0.1) is 0 Å². The molecule has 1 aliphatic carbocycles. The van der Waals surface area contributed by atoms with Crippen molar-refractivity contribution in [2.75, 3.05) is 13.7 Å². The first-order valence-electron chi connectivity index (χ1n) is 8.75. The van der Waals surface area contributed by atoms with Crippen LogP contribution in [0.5, 0.6) is 0 Å². The second kappa shape index (κ2) is 8.65. The van der Waals surface area contributed by atoms with E-state index in [2.05, 4.69) is 0 Å². The van der Waals surface area contributed by atoms with Crippen molar-refractivity contribution in [3.05, 3.63) is 58.7 Å². The second-order valence-electron chi connectivity index (χ2n) is 6.42. The molecule has 0 spiro atoms. The molecule has 0 aromatic heterocycles. The summed E-state index contributed by atoms with van der Waals surface area (Å²) in [6, 6.07) is -0.765. The molecule has 0 radical (unpaired) electrons. The lowest BCUT2D eigenvalue weighted by Crippen LogP contribution is -2.42. The number of allylic oxidation sites excluding steroid dienone is 6. The van der Waals surface area contributed by atoms with Crippen LogP contribution in [-0.4, -0.2) is 48.0 Å². The molecule has 28 heavy (non-hydrogen) atoms. The van der Waals surface area contributed by atoms with Gasteiger partial charge >= 0.3 is 5.97 Å². The highest BCUT2D eigenvalue weighted by atomic mass is 16.5. The molecular weight excluding hydrogens is 362 g/mol. The Balaban J connectivity index is 2.46. The summed E-state index contributed by atoms with van der Waals surface area (Å²) in [5.41, 5.74) is 1.06. The van der Waals surface area contributed by atoms with E-state index in [-0.39, 0.29) is 40.7 Å². The minimum atomic E-state index is -0.765. The maximum Gasteiger partial charge on any atom is 0.333 e. The first-order chi connectivity index (χ1) is 13.2. The third-order valence-electron chi connectivity index (χ3n) is 4.59. The van der Waals surface area contributed by atoms with E-state index in [0.717, 1.165) is 0 Å². The molecule has 7 heteroatoms. The van der Waals surface area contributed by atoms with Crippen molar-refractivity contribution < 1.29 is 28.7 Å². The summed E-state index contributed by atoms with van der Waals surface area (Å²) in [5.74, 6) is -1.51. The molecule has 2 aliphatic rings. The Bertz CT molecular complexity index is 885. The van der Waals surface area contributed by atoms with Crippen molar-refractivity contribution in [3.63, 3.8) is 0 Å². The fraction of sp³-hybridized carbons (Fsp3) is 0.333. The predicted molar refractivity (Wildman–Crippen MR) is 102 cm³/mol. The first-order valence-corrected chi connectivity index (χ1v) is 8.75. The van der Waals surface area contributed by atoms with Crippen LogP contribution in [0.25, 0.3) is 0 Å². The lowest BCUT2D eigenvalue weighted by Gasteiger charge is -2.35. The van der Waals surface area contributed by atoms with Gasteiger partial charge in [-0.1, -0.05) is 6.08 Å². The van der Waals surface area contributed by atoms with Crippen molar-refractivity contribution in [1.82, 2.24) is 4.90 Å². The Morgan fingerprint density at radius 1 is 1.21 bits per heavy atom. The SMILES string of the molecule is C/C=C(/C)C(=O)OC[C@H]1C2=C(C=CN1/C=C/C(C)=O)C(=O)C(C)=C(OC)C2=O. The number of ketones is 3. The van der Waals surface area contributed by atoms with E-state index in [1.54, 1.807) is 31.0 Å². The zero-order valence-electron chi connectivity index (χ0n) is 16.6. The average molecular weight is 385 g/mol. The number of rotatable bonds is 6. The summed E-state index contributed by atoms with van der Waals surface area (Å²) in [6.45, 7) is 6.08. The number of hydrogen-bond donors (Lipinski definition) is 0. The van der Waals surface area contributed by atoms with Crippen molar-refractivity contribution in [3.8, 4) is 0 Å². The highest BCUT2D eigenvalue weighted by Gasteiger charge is 2.40. The van der Waals surface area contributed by atoms with Gasteiger partial charge in [-0.05, 0) is 39.8 Å². The molecule has 0 unspecified atom stereocenters. The molecule has 0 N–H and O–H groups in total. The Morgan fingerprint density at radius 3 is 2.46 bits per heavy atom. The molecule has 1 heterocycles. The zero-order chi connectivity index (χ0) is 21.0. The van der Waals surface area contributed by atoms with Crippen molar-refractivity contribution in [1.29, 1.82) is 0 Å². The zero-order valence-corrected chi connectivity index (χ0v) is 16.6. The minimum Gasteiger partial charge on any atom is -0.492 e. The fourth-order valence-corrected chi connectivity index (χ4v) is 2.90. The molecule has 0 saturated carbocycles. The van der Waals surface area contributed by atoms with Crippen molar-refractivity contribution >= 4 is 23.3 Å². The van der Waals surface area contributed by atoms with E-state index < -0.39 is 17.8 Å². The summed E-state index contributed by atoms with van der Waals surface area (Å²) < 4.78 is 10.5. The summed E-state index contributed by atoms with van der Waals surface area (Å²) in [7, 11) is 1.33. The van der Waals surface area contributed by atoms with Gasteiger partial charge < -0.3 is 14.4 Å². The van der Waals surface area contributed by atoms with Crippen molar-refractivity contribution in [2.45, 2.75) is 33.7 Å². The summed E-state index contributed by atoms with van der Waals surface area (Å²) in [5, 5.41) is 0. The molecule has 0 aromatic rings. The number of Topliss-reactive ketones (excluding diaryl/α,β-unsaturated/α-hetero) is 2. The van der Waals surface area contributed by atoms with E-state index in [1.807, 2.05) is 0 Å². The number of methoxy groups -OCH3 is 1. The maximum absolute atomic E-state index is 13.0. The summed E-state index contributed by atoms with van der Waals surface area (Å²) in [4.78, 5) is 50.6. The van der Waals surface area contributed by atoms with E-state index in [1.165, 1.54) is 39.3 Å². The lowest BCUT2D eigenvalue weighted by molar-refractivity contribution is -0.140. The van der Waals surface area contributed by atoms with Crippen molar-refractivity contribution in [2.24, 2.45) is 0 Å². The second-order valence-corrected chi connectivity index (χ2v) is 6.42. The van der Waals surface area contributed by atoms with Gasteiger partial charge in [-0.3, -0.25) is 14.4 Å². The number of carbonyl (C=O) groups is 4. The van der Waals surface area contributed by atoms with Gasteiger partial charge in [-0.25, -0.2) is 4.79 Å². The van der Waals surface area contributed by atoms with Gasteiger partial charge in [0, 0.05) is 34.7 Å². The largest absolute Gasteiger partial charge is 0.492 e. The summed E-state index contributed by atoms with van der Waals surface area (Å²) >= 11 is 0. The Kier molecular flexibility index (Phi) is 6.51. The Morgan fingerprint density at radius 2 is 1.89 bits per heavy atom. The molecule has 2 rings (SSSR count). The monoisotopic (exact) mass is 385 g/mol. The number of esters is 1. The normalized spacial score (nSPS) is 20.1. The van der Waals surface area contributed by atoms with Crippen LogP contribution in [-0.2, 0) is 28.7 Å². The van der Waals surface area contributed by atoms with Gasteiger partial charge in [0.25, 0.3) is 0 Å². The summed E-state index contributed by atoms with van der Waals surface area (Å²) in [6.07, 6.45) is 7.53. The molecule has 1 aliphatic heterocycles. The van der Waals surface area contributed by atoms with Gasteiger partial charge in [0.15, 0.2) is 17.3 Å². The number of nitrogens with zero attached hydrogens (tertiary/aromatic N) is 1. The van der Waals surface area contributed by atoms with Gasteiger partial charge in [0.2, 0.25) is 5.78 Å². The van der Waals surface area contributed by atoms with Gasteiger partial charge in [0.05, 0.1) is 13.2 Å². The topological polar surface area (TPSA) is 90.0 Å². The average Bonchev–Trinajstić information content (AvgIpc) is 2.68. The third-order valence-corrected chi connectivity index (χ3v) is 4.59. The molecular formula is C21H23NO6. The minimum absolute atomic E-state index is 0.0319. The van der Waals surface area contributed by atoms with Gasteiger partial charge in [-0.2, -0.15) is 0 Å². The van der Waals surface area contributed by atoms with Crippen LogP contribution >= 0.6 is 0 Å². The fourth-order valence-electron chi connectivity index (χ4n) is 2.90. The van der Waals surface area contributed by atoms with E-state index in [9.17, 15) is 19.2 Å². The number of ether oxygens (including phenoxy) is 2. The van der Waals surface area contributed by atoms with E-state index in [0.29, 0.717) is 5.57 Å². The third kappa shape index (κ3) is 4.03. The van der Waals surface area contributed by atoms with Crippen LogP contribution in [0.2, 0.25) is 0 Å². The van der Waals surface area contributed by atoms with Crippen LogP contribution < -0.4 is 0 Å². The molecule has 7 nitrogen and oxygen atoms in total. The highest BCUT2D eigenvalue weighted by Crippen LogP contribution is 2.33.